The van der Waals surface area contributed by atoms with E-state index in [0.29, 0.717) is 22.8 Å². The maximum atomic E-state index is 11.8. The van der Waals surface area contributed by atoms with Crippen molar-refractivity contribution in [2.75, 3.05) is 17.2 Å². The molecule has 0 bridgehead atoms. The highest BCUT2D eigenvalue weighted by Crippen LogP contribution is 2.14. The van der Waals surface area contributed by atoms with Crippen LogP contribution in [-0.2, 0) is 9.47 Å². The molecule has 0 radical (unpaired) electrons. The number of thiocarbonyl (C=S) groups is 1. The van der Waals surface area contributed by atoms with Crippen molar-refractivity contribution >= 4 is 40.6 Å². The summed E-state index contributed by atoms with van der Waals surface area (Å²) < 4.78 is 10.1. The zero-order valence-corrected chi connectivity index (χ0v) is 16.3. The minimum Gasteiger partial charge on any atom is -0.462 e. The second-order valence-corrected chi connectivity index (χ2v) is 6.32. The molecule has 27 heavy (non-hydrogen) atoms. The molecule has 0 spiro atoms. The third-order valence-electron chi connectivity index (χ3n) is 3.38. The molecule has 0 heterocycles. The number of carbonyl (C=O) groups excluding carboxylic acids is 2. The van der Waals surface area contributed by atoms with Crippen molar-refractivity contribution in [2.24, 2.45) is 0 Å². The van der Waals surface area contributed by atoms with Crippen molar-refractivity contribution in [2.45, 2.75) is 26.9 Å². The summed E-state index contributed by atoms with van der Waals surface area (Å²) in [6.07, 6.45) is -0.165. The molecule has 7 heteroatoms. The number of benzene rings is 2. The van der Waals surface area contributed by atoms with E-state index in [2.05, 4.69) is 10.6 Å². The first kappa shape index (κ1) is 20.4. The van der Waals surface area contributed by atoms with Crippen molar-refractivity contribution < 1.29 is 19.1 Å². The molecule has 0 fully saturated rings. The Morgan fingerprint density at radius 1 is 0.889 bits per heavy atom. The molecule has 0 saturated carbocycles. The van der Waals surface area contributed by atoms with Gasteiger partial charge in [0, 0.05) is 11.4 Å². The summed E-state index contributed by atoms with van der Waals surface area (Å²) >= 11 is 5.28. The smallest absolute Gasteiger partial charge is 0.338 e. The molecule has 0 atom stereocenters. The fourth-order valence-electron chi connectivity index (χ4n) is 2.17. The van der Waals surface area contributed by atoms with E-state index in [4.69, 9.17) is 21.7 Å². The first-order valence-electron chi connectivity index (χ1n) is 8.55. The Balaban J connectivity index is 1.91. The van der Waals surface area contributed by atoms with E-state index in [1.54, 1.807) is 69.3 Å². The van der Waals surface area contributed by atoms with E-state index in [-0.39, 0.29) is 18.0 Å². The van der Waals surface area contributed by atoms with Gasteiger partial charge in [-0.05, 0) is 81.5 Å². The maximum Gasteiger partial charge on any atom is 0.338 e. The molecule has 0 aliphatic heterocycles. The van der Waals surface area contributed by atoms with Crippen molar-refractivity contribution in [3.05, 3.63) is 59.7 Å². The summed E-state index contributed by atoms with van der Waals surface area (Å²) in [5.41, 5.74) is 2.42. The fraction of sp³-hybridized carbons (Fsp3) is 0.250. The minimum absolute atomic E-state index is 0.165. The van der Waals surface area contributed by atoms with Gasteiger partial charge < -0.3 is 20.1 Å². The van der Waals surface area contributed by atoms with Crippen molar-refractivity contribution in [3.8, 4) is 0 Å². The van der Waals surface area contributed by atoms with Gasteiger partial charge in [0.1, 0.15) is 0 Å². The Morgan fingerprint density at radius 3 is 1.74 bits per heavy atom. The molecule has 142 valence electrons. The topological polar surface area (TPSA) is 76.7 Å². The standard InChI is InChI=1S/C20H22N2O4S/c1-4-25-18(23)14-5-9-16(10-6-14)21-20(27)22-17-11-7-15(8-12-17)19(24)26-13(2)3/h5-13H,4H2,1-3H3,(H2,21,22,27). The van der Waals surface area contributed by atoms with Gasteiger partial charge in [0.05, 0.1) is 23.8 Å². The molecule has 2 N–H and O–H groups in total. The monoisotopic (exact) mass is 386 g/mol. The fourth-order valence-corrected chi connectivity index (χ4v) is 2.40. The van der Waals surface area contributed by atoms with Crippen LogP contribution < -0.4 is 10.6 Å². The maximum absolute atomic E-state index is 11.8. The first-order valence-corrected chi connectivity index (χ1v) is 8.96. The lowest BCUT2D eigenvalue weighted by atomic mass is 10.2. The molecule has 2 rings (SSSR count). The normalized spacial score (nSPS) is 10.2. The SMILES string of the molecule is CCOC(=O)c1ccc(NC(=S)Nc2ccc(C(=O)OC(C)C)cc2)cc1. The summed E-state index contributed by atoms with van der Waals surface area (Å²) in [6.45, 7) is 5.70. The molecule has 0 saturated heterocycles. The number of hydrogen-bond donors (Lipinski definition) is 2. The van der Waals surface area contributed by atoms with E-state index in [9.17, 15) is 9.59 Å². The van der Waals surface area contributed by atoms with Gasteiger partial charge in [-0.15, -0.1) is 0 Å². The lowest BCUT2D eigenvalue weighted by Crippen LogP contribution is -2.19. The van der Waals surface area contributed by atoms with Gasteiger partial charge in [-0.3, -0.25) is 0 Å². The Bertz CT molecular complexity index is 802. The molecule has 0 amide bonds. The molecule has 0 aliphatic rings. The largest absolute Gasteiger partial charge is 0.462 e. The Labute approximate surface area is 163 Å². The van der Waals surface area contributed by atoms with Crippen molar-refractivity contribution in [3.63, 3.8) is 0 Å². The Kier molecular flexibility index (Phi) is 7.31. The number of carbonyl (C=O) groups is 2. The van der Waals surface area contributed by atoms with E-state index >= 15 is 0 Å². The van der Waals surface area contributed by atoms with E-state index in [1.165, 1.54) is 0 Å². The van der Waals surface area contributed by atoms with Crippen molar-refractivity contribution in [1.29, 1.82) is 0 Å². The number of rotatable bonds is 6. The number of ether oxygens (including phenoxy) is 2. The lowest BCUT2D eigenvalue weighted by molar-refractivity contribution is 0.0377. The number of hydrogen-bond acceptors (Lipinski definition) is 5. The number of anilines is 2. The number of esters is 2. The van der Waals surface area contributed by atoms with Gasteiger partial charge in [-0.1, -0.05) is 0 Å². The molecule has 6 nitrogen and oxygen atoms in total. The Morgan fingerprint density at radius 2 is 1.33 bits per heavy atom. The molecule has 0 aliphatic carbocycles. The third-order valence-corrected chi connectivity index (χ3v) is 3.58. The van der Waals surface area contributed by atoms with Crippen LogP contribution >= 0.6 is 12.2 Å². The highest BCUT2D eigenvalue weighted by atomic mass is 32.1. The van der Waals surface area contributed by atoms with Crippen molar-refractivity contribution in [1.82, 2.24) is 0 Å². The zero-order chi connectivity index (χ0) is 19.8. The quantitative estimate of drug-likeness (QED) is 0.568. The second kappa shape index (κ2) is 9.68. The van der Waals surface area contributed by atoms with E-state index < -0.39 is 0 Å². The summed E-state index contributed by atoms with van der Waals surface area (Å²) in [4.78, 5) is 23.5. The van der Waals surface area contributed by atoms with Crippen LogP contribution in [0.2, 0.25) is 0 Å². The molecular weight excluding hydrogens is 364 g/mol. The van der Waals surface area contributed by atoms with Gasteiger partial charge in [0.2, 0.25) is 0 Å². The van der Waals surface area contributed by atoms with Gasteiger partial charge >= 0.3 is 11.9 Å². The Hall–Kier alpha value is -2.93. The summed E-state index contributed by atoms with van der Waals surface area (Å²) in [7, 11) is 0. The van der Waals surface area contributed by atoms with Crippen LogP contribution in [0, 0.1) is 0 Å². The molecule has 2 aromatic carbocycles. The predicted octanol–water partition coefficient (Wildman–Crippen LogP) is 4.24. The molecule has 0 unspecified atom stereocenters. The van der Waals surface area contributed by atoms with Crippen LogP contribution in [0.3, 0.4) is 0 Å². The highest BCUT2D eigenvalue weighted by molar-refractivity contribution is 7.80. The van der Waals surface area contributed by atoms with Crippen LogP contribution in [0.4, 0.5) is 11.4 Å². The van der Waals surface area contributed by atoms with Gasteiger partial charge in [0.25, 0.3) is 0 Å². The average Bonchev–Trinajstić information content (AvgIpc) is 2.62. The van der Waals surface area contributed by atoms with Gasteiger partial charge in [-0.25, -0.2) is 9.59 Å². The van der Waals surface area contributed by atoms with Gasteiger partial charge in [-0.2, -0.15) is 0 Å². The van der Waals surface area contributed by atoms with Gasteiger partial charge in [0.15, 0.2) is 5.11 Å². The van der Waals surface area contributed by atoms with E-state index in [0.717, 1.165) is 11.4 Å². The lowest BCUT2D eigenvalue weighted by Gasteiger charge is -2.12. The summed E-state index contributed by atoms with van der Waals surface area (Å²) in [5.74, 6) is -0.722. The molecule has 0 aromatic heterocycles. The van der Waals surface area contributed by atoms with E-state index in [1.807, 2.05) is 0 Å². The third kappa shape index (κ3) is 6.38. The molecular formula is C20H22N2O4S. The highest BCUT2D eigenvalue weighted by Gasteiger charge is 2.09. The summed E-state index contributed by atoms with van der Waals surface area (Å²) in [6, 6.07) is 13.6. The van der Waals surface area contributed by atoms with Crippen LogP contribution in [0.1, 0.15) is 41.5 Å². The minimum atomic E-state index is -0.362. The molecule has 2 aromatic rings. The summed E-state index contributed by atoms with van der Waals surface area (Å²) in [5, 5.41) is 6.45. The zero-order valence-electron chi connectivity index (χ0n) is 15.4. The predicted molar refractivity (Wildman–Crippen MR) is 109 cm³/mol. The second-order valence-electron chi connectivity index (χ2n) is 5.91. The number of nitrogens with one attached hydrogen (secondary N) is 2. The van der Waals surface area contributed by atoms with Crippen LogP contribution in [-0.4, -0.2) is 29.8 Å². The first-order chi connectivity index (χ1) is 12.9. The average molecular weight is 386 g/mol. The van der Waals surface area contributed by atoms with Crippen LogP contribution in [0.25, 0.3) is 0 Å². The van der Waals surface area contributed by atoms with Crippen LogP contribution in [0.15, 0.2) is 48.5 Å². The van der Waals surface area contributed by atoms with Crippen LogP contribution in [0.5, 0.6) is 0 Å².